The molecule has 2 aliphatic rings. The van der Waals surface area contributed by atoms with Crippen molar-refractivity contribution in [1.29, 1.82) is 0 Å². The topological polar surface area (TPSA) is 78.9 Å². The Kier molecular flexibility index (Phi) is 5.22. The van der Waals surface area contributed by atoms with Crippen LogP contribution in [0.3, 0.4) is 0 Å². The molecule has 2 unspecified atom stereocenters. The lowest BCUT2D eigenvalue weighted by molar-refractivity contribution is -0.153. The fourth-order valence-electron chi connectivity index (χ4n) is 3.06. The number of likely N-dealkylation sites (tertiary alicyclic amines) is 1. The quantitative estimate of drug-likeness (QED) is 0.799. The van der Waals surface area contributed by atoms with Crippen LogP contribution in [0.15, 0.2) is 0 Å². The molecule has 0 aromatic carbocycles. The van der Waals surface area contributed by atoms with Gasteiger partial charge in [-0.05, 0) is 32.6 Å². The van der Waals surface area contributed by atoms with Gasteiger partial charge in [0, 0.05) is 32.1 Å². The number of carboxylic acid groups (broad SMARTS) is 1. The molecule has 0 saturated carbocycles. The van der Waals surface area contributed by atoms with Gasteiger partial charge in [0.1, 0.15) is 0 Å². The van der Waals surface area contributed by atoms with E-state index in [0.29, 0.717) is 26.2 Å². The van der Waals surface area contributed by atoms with Crippen LogP contribution in [0, 0.1) is 11.3 Å². The van der Waals surface area contributed by atoms with Gasteiger partial charge in [-0.2, -0.15) is 0 Å². The van der Waals surface area contributed by atoms with Crippen LogP contribution in [0.25, 0.3) is 0 Å². The number of morpholine rings is 1. The molecule has 0 aliphatic carbocycles. The second-order valence-electron chi connectivity index (χ2n) is 6.64. The number of ether oxygens (including phenoxy) is 1. The maximum atomic E-state index is 12.4. The molecule has 2 fully saturated rings. The lowest BCUT2D eigenvalue weighted by Crippen LogP contribution is -2.49. The number of hydrogen-bond donors (Lipinski definition) is 2. The van der Waals surface area contributed by atoms with Crippen LogP contribution in [0.1, 0.15) is 33.1 Å². The lowest BCUT2D eigenvalue weighted by Gasteiger charge is -2.39. The van der Waals surface area contributed by atoms with Crippen LogP contribution >= 0.6 is 0 Å². The van der Waals surface area contributed by atoms with E-state index < -0.39 is 11.4 Å². The predicted molar refractivity (Wildman–Crippen MR) is 77.9 cm³/mol. The monoisotopic (exact) mass is 298 g/mol. The number of piperidine rings is 1. The fraction of sp³-hybridized carbons (Fsp3) is 0.867. The Hall–Kier alpha value is -1.14. The second-order valence-corrected chi connectivity index (χ2v) is 6.64. The van der Waals surface area contributed by atoms with Gasteiger partial charge in [0.15, 0.2) is 0 Å². The van der Waals surface area contributed by atoms with Crippen molar-refractivity contribution in [1.82, 2.24) is 10.2 Å². The van der Waals surface area contributed by atoms with Gasteiger partial charge < -0.3 is 20.1 Å². The number of hydrogen-bond acceptors (Lipinski definition) is 4. The molecule has 0 aromatic rings. The van der Waals surface area contributed by atoms with E-state index in [1.165, 1.54) is 0 Å². The molecule has 1 amide bonds. The first kappa shape index (κ1) is 16.2. The molecule has 6 nitrogen and oxygen atoms in total. The Balaban J connectivity index is 1.90. The highest BCUT2D eigenvalue weighted by atomic mass is 16.5. The van der Waals surface area contributed by atoms with Gasteiger partial charge in [-0.1, -0.05) is 0 Å². The summed E-state index contributed by atoms with van der Waals surface area (Å²) in [6.07, 6.45) is 2.18. The summed E-state index contributed by atoms with van der Waals surface area (Å²) in [5, 5.41) is 12.6. The first-order valence-corrected chi connectivity index (χ1v) is 7.73. The van der Waals surface area contributed by atoms with E-state index in [2.05, 4.69) is 5.32 Å². The summed E-state index contributed by atoms with van der Waals surface area (Å²) in [4.78, 5) is 25.6. The summed E-state index contributed by atoms with van der Waals surface area (Å²) in [5.74, 6) is -0.670. The average Bonchev–Trinajstić information content (AvgIpc) is 2.48. The molecular weight excluding hydrogens is 272 g/mol. The van der Waals surface area contributed by atoms with Gasteiger partial charge in [0.25, 0.3) is 0 Å². The minimum atomic E-state index is -0.788. The molecule has 2 heterocycles. The summed E-state index contributed by atoms with van der Waals surface area (Å²) in [5.41, 5.74) is -0.787. The van der Waals surface area contributed by atoms with Crippen molar-refractivity contribution in [2.45, 2.75) is 39.2 Å². The molecule has 0 aromatic heterocycles. The van der Waals surface area contributed by atoms with E-state index in [9.17, 15) is 14.7 Å². The Morgan fingerprint density at radius 1 is 1.43 bits per heavy atom. The molecule has 21 heavy (non-hydrogen) atoms. The smallest absolute Gasteiger partial charge is 0.309 e. The molecule has 2 atom stereocenters. The largest absolute Gasteiger partial charge is 0.481 e. The maximum absolute atomic E-state index is 12.4. The molecule has 0 spiro atoms. The Bertz CT molecular complexity index is 391. The highest BCUT2D eigenvalue weighted by Crippen LogP contribution is 2.34. The van der Waals surface area contributed by atoms with Crippen LogP contribution in [0.4, 0.5) is 0 Å². The summed E-state index contributed by atoms with van der Waals surface area (Å²) in [7, 11) is 0. The average molecular weight is 298 g/mol. The Morgan fingerprint density at radius 2 is 2.19 bits per heavy atom. The fourth-order valence-corrected chi connectivity index (χ4v) is 3.06. The Morgan fingerprint density at radius 3 is 2.81 bits per heavy atom. The molecule has 2 N–H and O–H groups in total. The molecule has 6 heteroatoms. The third-order valence-corrected chi connectivity index (χ3v) is 4.77. The molecule has 2 rings (SSSR count). The summed E-state index contributed by atoms with van der Waals surface area (Å²) in [6.45, 7) is 6.85. The molecule has 0 bridgehead atoms. The third kappa shape index (κ3) is 3.95. The van der Waals surface area contributed by atoms with E-state index in [-0.39, 0.29) is 17.9 Å². The third-order valence-electron chi connectivity index (χ3n) is 4.77. The summed E-state index contributed by atoms with van der Waals surface area (Å²) in [6, 6.07) is 0.0825. The zero-order valence-corrected chi connectivity index (χ0v) is 12.9. The SMILES string of the molecule is CC(C)(C(=O)O)C1CCCN(C(=O)CC2COCCN2)C1. The summed E-state index contributed by atoms with van der Waals surface area (Å²) >= 11 is 0. The van der Waals surface area contributed by atoms with Crippen molar-refractivity contribution >= 4 is 11.9 Å². The highest BCUT2D eigenvalue weighted by molar-refractivity contribution is 5.77. The number of rotatable bonds is 4. The van der Waals surface area contributed by atoms with Gasteiger partial charge in [0.05, 0.1) is 18.6 Å². The highest BCUT2D eigenvalue weighted by Gasteiger charge is 2.40. The van der Waals surface area contributed by atoms with Crippen LogP contribution in [0.2, 0.25) is 0 Å². The van der Waals surface area contributed by atoms with Crippen molar-refractivity contribution < 1.29 is 19.4 Å². The summed E-state index contributed by atoms with van der Waals surface area (Å²) < 4.78 is 5.37. The first-order valence-electron chi connectivity index (χ1n) is 7.73. The number of carbonyl (C=O) groups excluding carboxylic acids is 1. The van der Waals surface area contributed by atoms with Gasteiger partial charge in [-0.3, -0.25) is 9.59 Å². The van der Waals surface area contributed by atoms with Crippen molar-refractivity contribution in [2.24, 2.45) is 11.3 Å². The van der Waals surface area contributed by atoms with E-state index in [4.69, 9.17) is 4.74 Å². The second kappa shape index (κ2) is 6.75. The number of carboxylic acids is 1. The van der Waals surface area contributed by atoms with Crippen molar-refractivity contribution in [3.63, 3.8) is 0 Å². The normalized spacial score (nSPS) is 27.4. The molecule has 2 saturated heterocycles. The van der Waals surface area contributed by atoms with E-state index in [1.807, 2.05) is 4.90 Å². The minimum absolute atomic E-state index is 0.0169. The van der Waals surface area contributed by atoms with Crippen molar-refractivity contribution in [3.8, 4) is 0 Å². The number of nitrogens with one attached hydrogen (secondary N) is 1. The number of aliphatic carboxylic acids is 1. The van der Waals surface area contributed by atoms with Crippen molar-refractivity contribution in [3.05, 3.63) is 0 Å². The van der Waals surface area contributed by atoms with E-state index in [0.717, 1.165) is 25.9 Å². The number of nitrogens with zero attached hydrogens (tertiary/aromatic N) is 1. The Labute approximate surface area is 125 Å². The van der Waals surface area contributed by atoms with Crippen LogP contribution < -0.4 is 5.32 Å². The van der Waals surface area contributed by atoms with Crippen LogP contribution in [-0.2, 0) is 14.3 Å². The van der Waals surface area contributed by atoms with Crippen LogP contribution in [0.5, 0.6) is 0 Å². The maximum Gasteiger partial charge on any atom is 0.309 e. The molecule has 2 aliphatic heterocycles. The van der Waals surface area contributed by atoms with Crippen molar-refractivity contribution in [2.75, 3.05) is 32.8 Å². The zero-order chi connectivity index (χ0) is 15.5. The predicted octanol–water partition coefficient (Wildman–Crippen LogP) is 0.714. The molecular formula is C15H26N2O4. The lowest BCUT2D eigenvalue weighted by atomic mass is 9.74. The van der Waals surface area contributed by atoms with E-state index >= 15 is 0 Å². The number of carbonyl (C=O) groups is 2. The molecule has 0 radical (unpaired) electrons. The van der Waals surface area contributed by atoms with Gasteiger partial charge in [-0.25, -0.2) is 0 Å². The van der Waals surface area contributed by atoms with Gasteiger partial charge in [-0.15, -0.1) is 0 Å². The van der Waals surface area contributed by atoms with Gasteiger partial charge >= 0.3 is 5.97 Å². The molecule has 120 valence electrons. The standard InChI is InChI=1S/C15H26N2O4/c1-15(2,14(19)20)11-4-3-6-17(9-11)13(18)8-12-10-21-7-5-16-12/h11-12,16H,3-10H2,1-2H3,(H,19,20). The van der Waals surface area contributed by atoms with Crippen LogP contribution in [-0.4, -0.2) is 60.8 Å². The number of amides is 1. The minimum Gasteiger partial charge on any atom is -0.481 e. The van der Waals surface area contributed by atoms with E-state index in [1.54, 1.807) is 13.8 Å². The zero-order valence-electron chi connectivity index (χ0n) is 12.9. The first-order chi connectivity index (χ1) is 9.91. The van der Waals surface area contributed by atoms with Gasteiger partial charge in [0.2, 0.25) is 5.91 Å².